The van der Waals surface area contributed by atoms with Gasteiger partial charge in [-0.1, -0.05) is 12.1 Å². The van der Waals surface area contributed by atoms with E-state index in [4.69, 9.17) is 0 Å². The van der Waals surface area contributed by atoms with Gasteiger partial charge in [-0.2, -0.15) is 5.10 Å². The number of aromatic nitrogens is 6. The van der Waals surface area contributed by atoms with Gasteiger partial charge in [-0.25, -0.2) is 9.97 Å². The van der Waals surface area contributed by atoms with Crippen LogP contribution in [0.3, 0.4) is 0 Å². The highest BCUT2D eigenvalue weighted by molar-refractivity contribution is 7.15. The van der Waals surface area contributed by atoms with Crippen molar-refractivity contribution in [2.45, 2.75) is 13.0 Å². The number of rotatable bonds is 5. The molecule has 5 rings (SSSR count). The molecule has 30 heavy (non-hydrogen) atoms. The summed E-state index contributed by atoms with van der Waals surface area (Å²) in [5, 5.41) is 9.33. The molecule has 0 aliphatic rings. The Morgan fingerprint density at radius 3 is 2.87 bits per heavy atom. The van der Waals surface area contributed by atoms with Crippen LogP contribution in [0.15, 0.2) is 59.4 Å². The Hall–Kier alpha value is -3.79. The fourth-order valence-electron chi connectivity index (χ4n) is 3.26. The SMILES string of the molecule is Cn1ncc2c(=O)n(CCC(=O)Nc3ccc(-c4cn5ccsc5n4)cc3)cnc21. The normalized spacial score (nSPS) is 11.4. The molecule has 0 atom stereocenters. The van der Waals surface area contributed by atoms with Crippen LogP contribution in [0.4, 0.5) is 5.69 Å². The first-order valence-corrected chi connectivity index (χ1v) is 10.2. The van der Waals surface area contributed by atoms with Crippen LogP contribution in [0, 0.1) is 0 Å². The first kappa shape index (κ1) is 18.3. The van der Waals surface area contributed by atoms with E-state index in [-0.39, 0.29) is 24.4 Å². The molecule has 1 amide bonds. The summed E-state index contributed by atoms with van der Waals surface area (Å²) >= 11 is 1.58. The lowest BCUT2D eigenvalue weighted by molar-refractivity contribution is -0.116. The summed E-state index contributed by atoms with van der Waals surface area (Å²) < 4.78 is 4.96. The lowest BCUT2D eigenvalue weighted by atomic mass is 10.1. The minimum Gasteiger partial charge on any atom is -0.326 e. The topological polar surface area (TPSA) is 99.1 Å². The van der Waals surface area contributed by atoms with Crippen LogP contribution in [0.1, 0.15) is 6.42 Å². The van der Waals surface area contributed by atoms with Crippen LogP contribution in [-0.4, -0.2) is 34.6 Å². The number of carbonyl (C=O) groups is 1. The highest BCUT2D eigenvalue weighted by Crippen LogP contribution is 2.23. The van der Waals surface area contributed by atoms with Crippen molar-refractivity contribution in [2.75, 3.05) is 5.32 Å². The number of carbonyl (C=O) groups excluding carboxylic acids is 1. The summed E-state index contributed by atoms with van der Waals surface area (Å²) in [4.78, 5) is 34.5. The van der Waals surface area contributed by atoms with Crippen LogP contribution in [-0.2, 0) is 18.4 Å². The standard InChI is InChI=1S/C20H17N7O2S/c1-25-18-15(10-22-25)19(29)27(12-21-18)7-6-17(28)23-14-4-2-13(3-5-14)16-11-26-8-9-30-20(26)24-16/h2-5,8-12H,6-7H2,1H3,(H,23,28). The van der Waals surface area contributed by atoms with Crippen LogP contribution in [0.25, 0.3) is 27.3 Å². The van der Waals surface area contributed by atoms with E-state index in [0.717, 1.165) is 16.2 Å². The molecule has 1 N–H and O–H groups in total. The summed E-state index contributed by atoms with van der Waals surface area (Å²) in [5.41, 5.74) is 2.88. The third-order valence-corrected chi connectivity index (χ3v) is 5.63. The first-order valence-electron chi connectivity index (χ1n) is 9.28. The summed E-state index contributed by atoms with van der Waals surface area (Å²) in [7, 11) is 1.73. The van der Waals surface area contributed by atoms with E-state index in [0.29, 0.717) is 16.7 Å². The third-order valence-electron chi connectivity index (χ3n) is 4.86. The molecule has 0 radical (unpaired) electrons. The fourth-order valence-corrected chi connectivity index (χ4v) is 3.96. The van der Waals surface area contributed by atoms with Crippen molar-refractivity contribution in [3.05, 3.63) is 64.9 Å². The molecule has 5 aromatic rings. The maximum atomic E-state index is 12.5. The number of thiazole rings is 1. The molecule has 0 aliphatic heterocycles. The molecular formula is C20H17N7O2S. The zero-order valence-electron chi connectivity index (χ0n) is 16.0. The number of benzene rings is 1. The molecule has 4 aromatic heterocycles. The summed E-state index contributed by atoms with van der Waals surface area (Å²) in [6, 6.07) is 7.53. The Labute approximate surface area is 174 Å². The van der Waals surface area contributed by atoms with E-state index < -0.39 is 0 Å². The number of hydrogen-bond donors (Lipinski definition) is 1. The molecule has 4 heterocycles. The van der Waals surface area contributed by atoms with Gasteiger partial charge in [-0.15, -0.1) is 11.3 Å². The number of nitrogens with one attached hydrogen (secondary N) is 1. The smallest absolute Gasteiger partial charge is 0.264 e. The first-order chi connectivity index (χ1) is 14.6. The molecule has 1 aromatic carbocycles. The maximum Gasteiger partial charge on any atom is 0.264 e. The number of amides is 1. The maximum absolute atomic E-state index is 12.5. The average molecular weight is 419 g/mol. The Bertz CT molecular complexity index is 1400. The van der Waals surface area contributed by atoms with Gasteiger partial charge in [0.15, 0.2) is 10.6 Å². The van der Waals surface area contributed by atoms with Crippen molar-refractivity contribution < 1.29 is 4.79 Å². The number of hydrogen-bond acceptors (Lipinski definition) is 6. The molecular weight excluding hydrogens is 402 g/mol. The highest BCUT2D eigenvalue weighted by atomic mass is 32.1. The van der Waals surface area contributed by atoms with Crippen LogP contribution in [0.5, 0.6) is 0 Å². The van der Waals surface area contributed by atoms with Gasteiger partial charge in [0.25, 0.3) is 5.56 Å². The summed E-state index contributed by atoms with van der Waals surface area (Å²) in [5.74, 6) is -0.177. The number of fused-ring (bicyclic) bond motifs is 2. The second-order valence-electron chi connectivity index (χ2n) is 6.84. The number of imidazole rings is 1. The van der Waals surface area contributed by atoms with Crippen LogP contribution < -0.4 is 10.9 Å². The molecule has 0 spiro atoms. The van der Waals surface area contributed by atoms with Gasteiger partial charge in [0, 0.05) is 49.0 Å². The van der Waals surface area contributed by atoms with E-state index in [1.54, 1.807) is 23.1 Å². The molecule has 150 valence electrons. The minimum absolute atomic E-state index is 0.159. The lowest BCUT2D eigenvalue weighted by Crippen LogP contribution is -2.23. The molecule has 0 saturated heterocycles. The molecule has 0 unspecified atom stereocenters. The van der Waals surface area contributed by atoms with Crippen LogP contribution in [0.2, 0.25) is 0 Å². The quantitative estimate of drug-likeness (QED) is 0.472. The van der Waals surface area contributed by atoms with Gasteiger partial charge in [0.05, 0.1) is 18.2 Å². The van der Waals surface area contributed by atoms with E-state index in [9.17, 15) is 9.59 Å². The Morgan fingerprint density at radius 2 is 2.07 bits per heavy atom. The number of aryl methyl sites for hydroxylation is 2. The van der Waals surface area contributed by atoms with Gasteiger partial charge < -0.3 is 5.32 Å². The highest BCUT2D eigenvalue weighted by Gasteiger charge is 2.10. The Morgan fingerprint density at radius 1 is 1.23 bits per heavy atom. The van der Waals surface area contributed by atoms with Crippen molar-refractivity contribution in [3.8, 4) is 11.3 Å². The van der Waals surface area contributed by atoms with Gasteiger partial charge in [0.2, 0.25) is 5.91 Å². The van der Waals surface area contributed by atoms with Crippen molar-refractivity contribution in [1.29, 1.82) is 0 Å². The molecule has 9 nitrogen and oxygen atoms in total. The second-order valence-corrected chi connectivity index (χ2v) is 7.72. The van der Waals surface area contributed by atoms with Gasteiger partial charge >= 0.3 is 0 Å². The van der Waals surface area contributed by atoms with Gasteiger partial charge in [-0.05, 0) is 12.1 Å². The summed E-state index contributed by atoms with van der Waals surface area (Å²) in [6.45, 7) is 0.242. The predicted octanol–water partition coefficient (Wildman–Crippen LogP) is 2.54. The zero-order valence-corrected chi connectivity index (χ0v) is 16.8. The molecule has 0 fully saturated rings. The van der Waals surface area contributed by atoms with E-state index in [1.165, 1.54) is 17.1 Å². The van der Waals surface area contributed by atoms with Crippen molar-refractivity contribution in [1.82, 2.24) is 28.7 Å². The van der Waals surface area contributed by atoms with Crippen molar-refractivity contribution in [3.63, 3.8) is 0 Å². The molecule has 10 heteroatoms. The van der Waals surface area contributed by atoms with E-state index >= 15 is 0 Å². The van der Waals surface area contributed by atoms with E-state index in [2.05, 4.69) is 20.4 Å². The Kier molecular flexibility index (Phi) is 4.40. The average Bonchev–Trinajstić information content (AvgIpc) is 3.44. The predicted molar refractivity (Wildman–Crippen MR) is 115 cm³/mol. The van der Waals surface area contributed by atoms with Gasteiger partial charge in [-0.3, -0.25) is 23.2 Å². The molecule has 0 bridgehead atoms. The zero-order chi connectivity index (χ0) is 20.7. The minimum atomic E-state index is -0.203. The number of anilines is 1. The summed E-state index contributed by atoms with van der Waals surface area (Å²) in [6.07, 6.45) is 7.05. The fraction of sp³-hybridized carbons (Fsp3) is 0.150. The van der Waals surface area contributed by atoms with Crippen LogP contribution >= 0.6 is 11.3 Å². The van der Waals surface area contributed by atoms with Crippen molar-refractivity contribution >= 4 is 38.9 Å². The second kappa shape index (κ2) is 7.23. The third kappa shape index (κ3) is 3.26. The molecule has 0 saturated carbocycles. The van der Waals surface area contributed by atoms with Gasteiger partial charge in [0.1, 0.15) is 5.39 Å². The number of nitrogens with zero attached hydrogens (tertiary/aromatic N) is 6. The lowest BCUT2D eigenvalue weighted by Gasteiger charge is -2.07. The molecule has 0 aliphatic carbocycles. The van der Waals surface area contributed by atoms with Crippen molar-refractivity contribution in [2.24, 2.45) is 7.05 Å². The largest absolute Gasteiger partial charge is 0.326 e. The monoisotopic (exact) mass is 419 g/mol. The van der Waals surface area contributed by atoms with E-state index in [1.807, 2.05) is 46.4 Å². The Balaban J connectivity index is 1.24.